The number of aliphatic hydroxyl groups excluding tert-OH is 1. The summed E-state index contributed by atoms with van der Waals surface area (Å²) in [5.74, 6) is -0.213. The van der Waals surface area contributed by atoms with Crippen LogP contribution in [0, 0.1) is 5.92 Å². The number of hydrogen-bond acceptors (Lipinski definition) is 3. The van der Waals surface area contributed by atoms with Gasteiger partial charge in [0.2, 0.25) is 5.91 Å². The molecule has 0 spiro atoms. The highest BCUT2D eigenvalue weighted by Gasteiger charge is 2.32. The normalized spacial score (nSPS) is 22.9. The van der Waals surface area contributed by atoms with Gasteiger partial charge in [-0.1, -0.05) is 37.6 Å². The summed E-state index contributed by atoms with van der Waals surface area (Å²) in [4.78, 5) is 12.2. The number of amides is 1. The van der Waals surface area contributed by atoms with Gasteiger partial charge >= 0.3 is 0 Å². The third-order valence-corrected chi connectivity index (χ3v) is 3.79. The van der Waals surface area contributed by atoms with E-state index in [1.165, 1.54) is 0 Å². The average Bonchev–Trinajstić information content (AvgIpc) is 2.72. The van der Waals surface area contributed by atoms with E-state index in [1.807, 2.05) is 31.2 Å². The summed E-state index contributed by atoms with van der Waals surface area (Å²) in [6.45, 7) is 2.39. The highest BCUT2D eigenvalue weighted by atomic mass is 16.3. The fourth-order valence-corrected chi connectivity index (χ4v) is 2.72. The Hall–Kier alpha value is -1.39. The Morgan fingerprint density at radius 1 is 1.53 bits per heavy atom. The maximum Gasteiger partial charge on any atom is 0.224 e. The molecule has 1 aliphatic rings. The predicted octanol–water partition coefficient (Wildman–Crippen LogP) is 1.14. The number of hydrogen-bond donors (Lipinski definition) is 3. The van der Waals surface area contributed by atoms with Crippen molar-refractivity contribution >= 4 is 5.91 Å². The van der Waals surface area contributed by atoms with Crippen molar-refractivity contribution in [1.82, 2.24) is 5.32 Å². The van der Waals surface area contributed by atoms with Gasteiger partial charge in [0.15, 0.2) is 0 Å². The number of nitrogens with two attached hydrogens (primary N) is 1. The molecule has 4 heteroatoms. The van der Waals surface area contributed by atoms with Crippen LogP contribution in [-0.4, -0.2) is 23.7 Å². The number of nitrogens with one attached hydrogen (secondary N) is 1. The van der Waals surface area contributed by atoms with Gasteiger partial charge in [-0.25, -0.2) is 0 Å². The Bertz CT molecular complexity index is 448. The summed E-state index contributed by atoms with van der Waals surface area (Å²) >= 11 is 0. The third kappa shape index (κ3) is 2.96. The number of rotatable bonds is 5. The highest BCUT2D eigenvalue weighted by Crippen LogP contribution is 2.31. The first kappa shape index (κ1) is 14.0. The van der Waals surface area contributed by atoms with E-state index in [1.54, 1.807) is 0 Å². The molecule has 0 aliphatic heterocycles. The molecule has 0 saturated carbocycles. The van der Waals surface area contributed by atoms with Crippen LogP contribution in [0.3, 0.4) is 0 Å². The van der Waals surface area contributed by atoms with Gasteiger partial charge < -0.3 is 16.2 Å². The minimum Gasteiger partial charge on any atom is -0.390 e. The minimum absolute atomic E-state index is 0.0508. The molecule has 1 unspecified atom stereocenters. The predicted molar refractivity (Wildman–Crippen MR) is 74.5 cm³/mol. The van der Waals surface area contributed by atoms with Gasteiger partial charge in [-0.2, -0.15) is 0 Å². The van der Waals surface area contributed by atoms with Crippen molar-refractivity contribution in [3.63, 3.8) is 0 Å². The van der Waals surface area contributed by atoms with Gasteiger partial charge in [-0.05, 0) is 17.5 Å². The standard InChI is InChI=1S/C15H22N2O2/c1-2-5-11(9-16)15(19)17-14-12-7-4-3-6-10(12)8-13(14)18/h3-4,6-7,11,13-14,18H,2,5,8-9,16H2,1H3,(H,17,19)/t11?,13-,14+/m0/s1. The molecule has 4 nitrogen and oxygen atoms in total. The van der Waals surface area contributed by atoms with Crippen LogP contribution < -0.4 is 11.1 Å². The van der Waals surface area contributed by atoms with Crippen LogP contribution in [0.1, 0.15) is 36.9 Å². The van der Waals surface area contributed by atoms with Crippen molar-refractivity contribution in [3.05, 3.63) is 35.4 Å². The molecule has 0 aromatic heterocycles. The molecule has 1 aromatic carbocycles. The molecule has 0 saturated heterocycles. The van der Waals surface area contributed by atoms with E-state index in [0.717, 1.165) is 24.0 Å². The summed E-state index contributed by atoms with van der Waals surface area (Å²) < 4.78 is 0. The molecule has 2 rings (SSSR count). The zero-order chi connectivity index (χ0) is 13.8. The molecule has 1 aliphatic carbocycles. The van der Waals surface area contributed by atoms with Crippen LogP contribution in [0.25, 0.3) is 0 Å². The number of carbonyl (C=O) groups excluding carboxylic acids is 1. The van der Waals surface area contributed by atoms with E-state index < -0.39 is 6.10 Å². The van der Waals surface area contributed by atoms with Gasteiger partial charge in [0.1, 0.15) is 0 Å². The van der Waals surface area contributed by atoms with Gasteiger partial charge in [-0.15, -0.1) is 0 Å². The Morgan fingerprint density at radius 2 is 2.26 bits per heavy atom. The summed E-state index contributed by atoms with van der Waals surface area (Å²) in [7, 11) is 0. The van der Waals surface area contributed by atoms with E-state index in [4.69, 9.17) is 5.73 Å². The SMILES string of the molecule is CCCC(CN)C(=O)N[C@@H]1c2ccccc2C[C@@H]1O. The molecule has 1 amide bonds. The largest absolute Gasteiger partial charge is 0.390 e. The van der Waals surface area contributed by atoms with E-state index >= 15 is 0 Å². The van der Waals surface area contributed by atoms with Crippen LogP contribution in [0.4, 0.5) is 0 Å². The van der Waals surface area contributed by atoms with Crippen molar-refractivity contribution in [2.45, 2.75) is 38.3 Å². The van der Waals surface area contributed by atoms with Gasteiger partial charge in [0.05, 0.1) is 18.1 Å². The molecule has 0 fully saturated rings. The number of carbonyl (C=O) groups is 1. The first-order chi connectivity index (χ1) is 9.17. The van der Waals surface area contributed by atoms with Crippen LogP contribution in [-0.2, 0) is 11.2 Å². The smallest absolute Gasteiger partial charge is 0.224 e. The molecule has 19 heavy (non-hydrogen) atoms. The molecule has 0 heterocycles. The quantitative estimate of drug-likeness (QED) is 0.744. The van der Waals surface area contributed by atoms with Crippen LogP contribution in [0.5, 0.6) is 0 Å². The number of benzene rings is 1. The zero-order valence-corrected chi connectivity index (χ0v) is 11.3. The minimum atomic E-state index is -0.540. The molecule has 0 bridgehead atoms. The Morgan fingerprint density at radius 3 is 2.95 bits per heavy atom. The Labute approximate surface area is 114 Å². The first-order valence-corrected chi connectivity index (χ1v) is 6.93. The van der Waals surface area contributed by atoms with E-state index in [2.05, 4.69) is 5.32 Å². The summed E-state index contributed by atoms with van der Waals surface area (Å²) in [5, 5.41) is 13.0. The average molecular weight is 262 g/mol. The van der Waals surface area contributed by atoms with Crippen molar-refractivity contribution in [2.24, 2.45) is 11.7 Å². The summed E-state index contributed by atoms with van der Waals surface area (Å²) in [6.07, 6.45) is 1.77. The third-order valence-electron chi connectivity index (χ3n) is 3.79. The van der Waals surface area contributed by atoms with Crippen LogP contribution in [0.15, 0.2) is 24.3 Å². The molecule has 3 atom stereocenters. The van der Waals surface area contributed by atoms with E-state index in [9.17, 15) is 9.90 Å². The summed E-state index contributed by atoms with van der Waals surface area (Å²) in [5.41, 5.74) is 7.77. The Balaban J connectivity index is 2.08. The second kappa shape index (κ2) is 6.17. The second-order valence-electron chi connectivity index (χ2n) is 5.18. The van der Waals surface area contributed by atoms with Gasteiger partial charge in [0, 0.05) is 13.0 Å². The zero-order valence-electron chi connectivity index (χ0n) is 11.3. The lowest BCUT2D eigenvalue weighted by Crippen LogP contribution is -2.40. The monoisotopic (exact) mass is 262 g/mol. The lowest BCUT2D eigenvalue weighted by molar-refractivity contribution is -0.126. The van der Waals surface area contributed by atoms with Crippen molar-refractivity contribution in [1.29, 1.82) is 0 Å². The number of fused-ring (bicyclic) bond motifs is 1. The fraction of sp³-hybridized carbons (Fsp3) is 0.533. The molecular formula is C15H22N2O2. The maximum atomic E-state index is 12.2. The lowest BCUT2D eigenvalue weighted by Gasteiger charge is -2.21. The van der Waals surface area contributed by atoms with Gasteiger partial charge in [-0.3, -0.25) is 4.79 Å². The fourth-order valence-electron chi connectivity index (χ4n) is 2.72. The molecule has 104 valence electrons. The second-order valence-corrected chi connectivity index (χ2v) is 5.18. The van der Waals surface area contributed by atoms with E-state index in [-0.39, 0.29) is 17.9 Å². The molecular weight excluding hydrogens is 240 g/mol. The maximum absolute atomic E-state index is 12.2. The molecule has 1 aromatic rings. The van der Waals surface area contributed by atoms with Crippen molar-refractivity contribution in [3.8, 4) is 0 Å². The number of aliphatic hydroxyl groups is 1. The lowest BCUT2D eigenvalue weighted by atomic mass is 10.0. The van der Waals surface area contributed by atoms with Crippen molar-refractivity contribution in [2.75, 3.05) is 6.54 Å². The molecule has 0 radical (unpaired) electrons. The Kier molecular flexibility index (Phi) is 4.56. The first-order valence-electron chi connectivity index (χ1n) is 6.93. The summed E-state index contributed by atoms with van der Waals surface area (Å²) in [6, 6.07) is 7.55. The topological polar surface area (TPSA) is 75.4 Å². The highest BCUT2D eigenvalue weighted by molar-refractivity contribution is 5.79. The van der Waals surface area contributed by atoms with Crippen molar-refractivity contribution < 1.29 is 9.90 Å². The van der Waals surface area contributed by atoms with Gasteiger partial charge in [0.25, 0.3) is 0 Å². The van der Waals surface area contributed by atoms with Crippen LogP contribution >= 0.6 is 0 Å². The molecule has 4 N–H and O–H groups in total. The van der Waals surface area contributed by atoms with Crippen LogP contribution in [0.2, 0.25) is 0 Å². The van der Waals surface area contributed by atoms with E-state index in [0.29, 0.717) is 13.0 Å².